The summed E-state index contributed by atoms with van der Waals surface area (Å²) in [5.74, 6) is 1.69. The summed E-state index contributed by atoms with van der Waals surface area (Å²) in [4.78, 5) is 17.6. The Morgan fingerprint density at radius 1 is 0.938 bits per heavy atom. The molecule has 0 aliphatic heterocycles. The van der Waals surface area contributed by atoms with Crippen molar-refractivity contribution in [3.8, 4) is 9.88 Å². The molecule has 1 aromatic carbocycles. The summed E-state index contributed by atoms with van der Waals surface area (Å²) in [6.45, 7) is 0.838. The van der Waals surface area contributed by atoms with E-state index < -0.39 is 0 Å². The summed E-state index contributed by atoms with van der Waals surface area (Å²) in [6, 6.07) is 13.4. The van der Waals surface area contributed by atoms with Crippen LogP contribution in [-0.2, 0) is 6.54 Å². The minimum absolute atomic E-state index is 0.411. The third-order valence-corrected chi connectivity index (χ3v) is 7.85. The van der Waals surface area contributed by atoms with Crippen molar-refractivity contribution in [3.05, 3.63) is 52.9 Å². The van der Waals surface area contributed by atoms with Gasteiger partial charge in [0.25, 0.3) is 0 Å². The molecule has 8 heteroatoms. The van der Waals surface area contributed by atoms with Crippen LogP contribution in [0.15, 0.2) is 47.2 Å². The maximum Gasteiger partial charge on any atom is 0.225 e. The fraction of sp³-hybridized carbons (Fsp3) is 0.375. The molecule has 0 bridgehead atoms. The molecule has 1 fully saturated rings. The van der Waals surface area contributed by atoms with Crippen LogP contribution >= 0.6 is 22.7 Å². The summed E-state index contributed by atoms with van der Waals surface area (Å²) < 4.78 is 0. The van der Waals surface area contributed by atoms with Gasteiger partial charge in [0.15, 0.2) is 0 Å². The number of anilines is 2. The molecule has 0 amide bonds. The normalized spacial score (nSPS) is 18.7. The van der Waals surface area contributed by atoms with E-state index in [0.717, 1.165) is 65.6 Å². The number of thiazole rings is 1. The molecule has 3 aromatic heterocycles. The lowest BCUT2D eigenvalue weighted by molar-refractivity contribution is 0.351. The van der Waals surface area contributed by atoms with E-state index in [1.165, 1.54) is 4.88 Å². The highest BCUT2D eigenvalue weighted by molar-refractivity contribution is 7.20. The first-order valence-electron chi connectivity index (χ1n) is 11.1. The van der Waals surface area contributed by atoms with Gasteiger partial charge in [-0.2, -0.15) is 4.98 Å². The van der Waals surface area contributed by atoms with Crippen LogP contribution in [0.1, 0.15) is 31.4 Å². The molecule has 4 aromatic rings. The van der Waals surface area contributed by atoms with Crippen LogP contribution in [0.25, 0.3) is 20.8 Å². The van der Waals surface area contributed by atoms with Crippen LogP contribution in [0.5, 0.6) is 0 Å². The second kappa shape index (κ2) is 9.52. The Labute approximate surface area is 196 Å². The van der Waals surface area contributed by atoms with Crippen LogP contribution in [0.2, 0.25) is 0 Å². The van der Waals surface area contributed by atoms with Crippen molar-refractivity contribution in [3.63, 3.8) is 0 Å². The third kappa shape index (κ3) is 4.77. The molecule has 2 N–H and O–H groups in total. The number of nitrogens with one attached hydrogen (secondary N) is 2. The van der Waals surface area contributed by atoms with Crippen molar-refractivity contribution in [1.82, 2.24) is 20.3 Å². The molecule has 0 spiro atoms. The number of aromatic nitrogens is 3. The Kier molecular flexibility index (Phi) is 6.34. The van der Waals surface area contributed by atoms with Gasteiger partial charge < -0.3 is 15.5 Å². The van der Waals surface area contributed by atoms with Gasteiger partial charge in [0.05, 0.1) is 16.1 Å². The van der Waals surface area contributed by atoms with E-state index in [2.05, 4.69) is 50.6 Å². The average molecular weight is 465 g/mol. The minimum atomic E-state index is 0.411. The topological polar surface area (TPSA) is 66.0 Å². The molecule has 0 saturated heterocycles. The number of rotatable bonds is 7. The first kappa shape index (κ1) is 21.3. The molecule has 5 rings (SSSR count). The number of fused-ring (bicyclic) bond motifs is 1. The summed E-state index contributed by atoms with van der Waals surface area (Å²) in [5, 5.41) is 13.8. The molecule has 6 nitrogen and oxygen atoms in total. The van der Waals surface area contributed by atoms with E-state index in [1.807, 2.05) is 26.2 Å². The summed E-state index contributed by atoms with van der Waals surface area (Å²) >= 11 is 3.48. The molecule has 166 valence electrons. The van der Waals surface area contributed by atoms with Crippen LogP contribution < -0.4 is 15.5 Å². The van der Waals surface area contributed by atoms with Gasteiger partial charge in [-0.25, -0.2) is 9.97 Å². The van der Waals surface area contributed by atoms with Crippen molar-refractivity contribution >= 4 is 45.3 Å². The molecule has 1 aliphatic carbocycles. The zero-order valence-electron chi connectivity index (χ0n) is 18.4. The van der Waals surface area contributed by atoms with Crippen LogP contribution in [0.4, 0.5) is 11.8 Å². The molecular formula is C24H28N6S2. The van der Waals surface area contributed by atoms with Gasteiger partial charge in [0, 0.05) is 43.5 Å². The van der Waals surface area contributed by atoms with Crippen LogP contribution in [0, 0.1) is 0 Å². The van der Waals surface area contributed by atoms with Crippen molar-refractivity contribution < 1.29 is 0 Å². The lowest BCUT2D eigenvalue weighted by atomic mass is 9.91. The van der Waals surface area contributed by atoms with Gasteiger partial charge in [0.1, 0.15) is 10.8 Å². The maximum atomic E-state index is 4.79. The van der Waals surface area contributed by atoms with Crippen molar-refractivity contribution in [1.29, 1.82) is 0 Å². The lowest BCUT2D eigenvalue weighted by Gasteiger charge is -2.30. The standard InChI is InChI=1S/C24H28N6S2/c1-30(2)22-19-6-3-4-7-20(19)28-24(29-22)27-17-11-9-16(10-12-17)25-14-18-15-32-23(26-18)21-8-5-13-31-21/h3-8,13,15-17,25H,9-12,14H2,1-2H3,(H,27,28,29). The summed E-state index contributed by atoms with van der Waals surface area (Å²) in [5.41, 5.74) is 2.12. The number of hydrogen-bond donors (Lipinski definition) is 2. The zero-order chi connectivity index (χ0) is 21.9. The van der Waals surface area contributed by atoms with Crippen molar-refractivity contribution in [2.75, 3.05) is 24.3 Å². The van der Waals surface area contributed by atoms with Gasteiger partial charge in [0.2, 0.25) is 5.95 Å². The molecule has 3 heterocycles. The molecule has 1 saturated carbocycles. The fourth-order valence-electron chi connectivity index (χ4n) is 4.24. The summed E-state index contributed by atoms with van der Waals surface area (Å²) in [6.07, 6.45) is 4.52. The molecular weight excluding hydrogens is 436 g/mol. The smallest absolute Gasteiger partial charge is 0.225 e. The predicted octanol–water partition coefficient (Wildman–Crippen LogP) is 5.39. The average Bonchev–Trinajstić information content (AvgIpc) is 3.50. The highest BCUT2D eigenvalue weighted by atomic mass is 32.1. The molecule has 0 atom stereocenters. The van der Waals surface area contributed by atoms with E-state index in [0.29, 0.717) is 12.1 Å². The SMILES string of the molecule is CN(C)c1nc(NC2CCC(NCc3csc(-c4cccs4)n3)CC2)nc2ccccc12. The van der Waals surface area contributed by atoms with Gasteiger partial charge >= 0.3 is 0 Å². The lowest BCUT2D eigenvalue weighted by Crippen LogP contribution is -2.37. The number of benzene rings is 1. The van der Waals surface area contributed by atoms with E-state index in [-0.39, 0.29) is 0 Å². The third-order valence-electron chi connectivity index (χ3n) is 5.92. The zero-order valence-corrected chi connectivity index (χ0v) is 20.0. The van der Waals surface area contributed by atoms with E-state index in [4.69, 9.17) is 15.0 Å². The fourth-order valence-corrected chi connectivity index (χ4v) is 5.87. The summed E-state index contributed by atoms with van der Waals surface area (Å²) in [7, 11) is 4.06. The van der Waals surface area contributed by atoms with Crippen molar-refractivity contribution in [2.45, 2.75) is 44.3 Å². The van der Waals surface area contributed by atoms with Crippen molar-refractivity contribution in [2.24, 2.45) is 0 Å². The Balaban J connectivity index is 1.15. The number of hydrogen-bond acceptors (Lipinski definition) is 8. The van der Waals surface area contributed by atoms with Crippen LogP contribution in [-0.4, -0.2) is 41.1 Å². The van der Waals surface area contributed by atoms with Gasteiger partial charge in [-0.15, -0.1) is 22.7 Å². The van der Waals surface area contributed by atoms with Gasteiger partial charge in [-0.05, 0) is 49.3 Å². The van der Waals surface area contributed by atoms with Gasteiger partial charge in [-0.1, -0.05) is 18.2 Å². The first-order valence-corrected chi connectivity index (χ1v) is 12.8. The Morgan fingerprint density at radius 2 is 1.75 bits per heavy atom. The Bertz CT molecular complexity index is 1160. The predicted molar refractivity (Wildman–Crippen MR) is 136 cm³/mol. The maximum absolute atomic E-state index is 4.79. The second-order valence-electron chi connectivity index (χ2n) is 8.48. The quantitative estimate of drug-likeness (QED) is 0.382. The van der Waals surface area contributed by atoms with E-state index in [1.54, 1.807) is 22.7 Å². The van der Waals surface area contributed by atoms with Crippen LogP contribution in [0.3, 0.4) is 0 Å². The molecule has 0 radical (unpaired) electrons. The van der Waals surface area contributed by atoms with E-state index >= 15 is 0 Å². The number of thiophene rings is 1. The number of nitrogens with zero attached hydrogens (tertiary/aromatic N) is 4. The highest BCUT2D eigenvalue weighted by Gasteiger charge is 2.22. The largest absolute Gasteiger partial charge is 0.362 e. The molecule has 32 heavy (non-hydrogen) atoms. The highest BCUT2D eigenvalue weighted by Crippen LogP contribution is 2.29. The second-order valence-corrected chi connectivity index (χ2v) is 10.3. The Hall–Kier alpha value is -2.55. The Morgan fingerprint density at radius 3 is 2.53 bits per heavy atom. The van der Waals surface area contributed by atoms with Gasteiger partial charge in [-0.3, -0.25) is 0 Å². The minimum Gasteiger partial charge on any atom is -0.362 e. The first-order chi connectivity index (χ1) is 15.7. The molecule has 1 aliphatic rings. The molecule has 0 unspecified atom stereocenters. The number of para-hydroxylation sites is 1. The van der Waals surface area contributed by atoms with E-state index in [9.17, 15) is 0 Å². The monoisotopic (exact) mass is 464 g/mol.